The number of hydrogen-bond donors (Lipinski definition) is 3. The molecule has 0 spiro atoms. The van der Waals surface area contributed by atoms with E-state index in [0.717, 1.165) is 0 Å². The Bertz CT molecular complexity index is 415. The molecular formula is C13H19ClN2O3. The zero-order valence-electron chi connectivity index (χ0n) is 11.0. The quantitative estimate of drug-likeness (QED) is 0.694. The molecule has 6 heteroatoms. The Balaban J connectivity index is 2.30. The molecule has 1 aromatic carbocycles. The Labute approximate surface area is 117 Å². The van der Waals surface area contributed by atoms with Crippen molar-refractivity contribution in [3.8, 4) is 5.75 Å². The SMILES string of the molecule is CNC(=O)C(C)NCC(O)COc1ccccc1Cl. The third kappa shape index (κ3) is 5.46. The maximum Gasteiger partial charge on any atom is 0.236 e. The van der Waals surface area contributed by atoms with Gasteiger partial charge in [-0.2, -0.15) is 0 Å². The molecule has 0 aliphatic rings. The lowest BCUT2D eigenvalue weighted by Gasteiger charge is -2.17. The van der Waals surface area contributed by atoms with Crippen LogP contribution >= 0.6 is 11.6 Å². The molecule has 0 aliphatic carbocycles. The Morgan fingerprint density at radius 3 is 2.79 bits per heavy atom. The van der Waals surface area contributed by atoms with Crippen molar-refractivity contribution in [1.82, 2.24) is 10.6 Å². The molecule has 0 saturated heterocycles. The number of para-hydroxylation sites is 1. The number of hydrogen-bond acceptors (Lipinski definition) is 4. The molecule has 3 N–H and O–H groups in total. The molecular weight excluding hydrogens is 268 g/mol. The molecule has 1 amide bonds. The molecule has 106 valence electrons. The van der Waals surface area contributed by atoms with E-state index in [9.17, 15) is 9.90 Å². The molecule has 0 fully saturated rings. The zero-order chi connectivity index (χ0) is 14.3. The van der Waals surface area contributed by atoms with E-state index in [1.54, 1.807) is 38.2 Å². The van der Waals surface area contributed by atoms with Gasteiger partial charge >= 0.3 is 0 Å². The second-order valence-electron chi connectivity index (χ2n) is 4.14. The zero-order valence-corrected chi connectivity index (χ0v) is 11.8. The van der Waals surface area contributed by atoms with Crippen LogP contribution in [0.2, 0.25) is 5.02 Å². The first-order valence-corrected chi connectivity index (χ1v) is 6.42. The van der Waals surface area contributed by atoms with E-state index < -0.39 is 6.10 Å². The third-order valence-corrected chi connectivity index (χ3v) is 2.88. The van der Waals surface area contributed by atoms with E-state index in [2.05, 4.69) is 10.6 Å². The summed E-state index contributed by atoms with van der Waals surface area (Å²) in [7, 11) is 1.57. The highest BCUT2D eigenvalue weighted by atomic mass is 35.5. The summed E-state index contributed by atoms with van der Waals surface area (Å²) in [5.41, 5.74) is 0. The smallest absolute Gasteiger partial charge is 0.236 e. The number of likely N-dealkylation sites (N-methyl/N-ethyl adjacent to an activating group) is 1. The van der Waals surface area contributed by atoms with Gasteiger partial charge in [-0.15, -0.1) is 0 Å². The van der Waals surface area contributed by atoms with Gasteiger partial charge in [0.2, 0.25) is 5.91 Å². The molecule has 0 radical (unpaired) electrons. The topological polar surface area (TPSA) is 70.6 Å². The second-order valence-corrected chi connectivity index (χ2v) is 4.55. The Morgan fingerprint density at radius 2 is 2.16 bits per heavy atom. The van der Waals surface area contributed by atoms with Gasteiger partial charge in [0.25, 0.3) is 0 Å². The molecule has 1 aromatic rings. The van der Waals surface area contributed by atoms with Crippen LogP contribution in [0.3, 0.4) is 0 Å². The predicted molar refractivity (Wildman–Crippen MR) is 74.5 cm³/mol. The van der Waals surface area contributed by atoms with Gasteiger partial charge in [-0.25, -0.2) is 0 Å². The number of amides is 1. The van der Waals surface area contributed by atoms with Crippen molar-refractivity contribution >= 4 is 17.5 Å². The summed E-state index contributed by atoms with van der Waals surface area (Å²) in [5, 5.41) is 15.7. The first kappa shape index (κ1) is 15.8. The van der Waals surface area contributed by atoms with Gasteiger partial charge in [0.1, 0.15) is 18.5 Å². The number of aliphatic hydroxyl groups is 1. The Kier molecular flexibility index (Phi) is 6.62. The number of aliphatic hydroxyl groups excluding tert-OH is 1. The van der Waals surface area contributed by atoms with Crippen LogP contribution in [0.1, 0.15) is 6.92 Å². The molecule has 19 heavy (non-hydrogen) atoms. The number of rotatable bonds is 7. The molecule has 1 rings (SSSR count). The number of halogens is 1. The van der Waals surface area contributed by atoms with Crippen molar-refractivity contribution in [3.05, 3.63) is 29.3 Å². The largest absolute Gasteiger partial charge is 0.489 e. The van der Waals surface area contributed by atoms with E-state index in [1.807, 2.05) is 0 Å². The van der Waals surface area contributed by atoms with Crippen LogP contribution in [0.4, 0.5) is 0 Å². The van der Waals surface area contributed by atoms with Crippen LogP contribution in [-0.2, 0) is 4.79 Å². The van der Waals surface area contributed by atoms with Gasteiger partial charge in [0.15, 0.2) is 0 Å². The monoisotopic (exact) mass is 286 g/mol. The number of carbonyl (C=O) groups excluding carboxylic acids is 1. The molecule has 2 atom stereocenters. The van der Waals surface area contributed by atoms with Gasteiger partial charge in [0.05, 0.1) is 11.1 Å². The summed E-state index contributed by atoms with van der Waals surface area (Å²) in [5.74, 6) is 0.404. The molecule has 2 unspecified atom stereocenters. The van der Waals surface area contributed by atoms with Crippen molar-refractivity contribution in [3.63, 3.8) is 0 Å². The number of ether oxygens (including phenoxy) is 1. The summed E-state index contributed by atoms with van der Waals surface area (Å²) >= 11 is 5.92. The van der Waals surface area contributed by atoms with Crippen LogP contribution in [0.5, 0.6) is 5.75 Å². The second kappa shape index (κ2) is 7.99. The number of benzene rings is 1. The van der Waals surface area contributed by atoms with Gasteiger partial charge < -0.3 is 20.5 Å². The van der Waals surface area contributed by atoms with Crippen molar-refractivity contribution < 1.29 is 14.6 Å². The first-order chi connectivity index (χ1) is 9.04. The minimum Gasteiger partial charge on any atom is -0.489 e. The fraction of sp³-hybridized carbons (Fsp3) is 0.462. The average Bonchev–Trinajstić information content (AvgIpc) is 2.42. The minimum atomic E-state index is -0.719. The van der Waals surface area contributed by atoms with Crippen LogP contribution in [0.15, 0.2) is 24.3 Å². The van der Waals surface area contributed by atoms with Crippen molar-refractivity contribution in [2.24, 2.45) is 0 Å². The lowest BCUT2D eigenvalue weighted by Crippen LogP contribution is -2.44. The summed E-state index contributed by atoms with van der Waals surface area (Å²) < 4.78 is 5.40. The molecule has 0 bridgehead atoms. The number of carbonyl (C=O) groups is 1. The average molecular weight is 287 g/mol. The first-order valence-electron chi connectivity index (χ1n) is 6.05. The van der Waals surface area contributed by atoms with Crippen LogP contribution < -0.4 is 15.4 Å². The maximum absolute atomic E-state index is 11.2. The van der Waals surface area contributed by atoms with Gasteiger partial charge in [-0.1, -0.05) is 23.7 Å². The lowest BCUT2D eigenvalue weighted by atomic mass is 10.3. The summed E-state index contributed by atoms with van der Waals surface area (Å²) in [4.78, 5) is 11.2. The summed E-state index contributed by atoms with van der Waals surface area (Å²) in [6, 6.07) is 6.70. The van der Waals surface area contributed by atoms with E-state index in [1.165, 1.54) is 0 Å². The maximum atomic E-state index is 11.2. The van der Waals surface area contributed by atoms with E-state index in [4.69, 9.17) is 16.3 Å². The van der Waals surface area contributed by atoms with E-state index in [-0.39, 0.29) is 25.1 Å². The van der Waals surface area contributed by atoms with Crippen LogP contribution in [-0.4, -0.2) is 43.4 Å². The highest BCUT2D eigenvalue weighted by Gasteiger charge is 2.13. The molecule has 0 heterocycles. The lowest BCUT2D eigenvalue weighted by molar-refractivity contribution is -0.122. The highest BCUT2D eigenvalue weighted by molar-refractivity contribution is 6.32. The van der Waals surface area contributed by atoms with Crippen molar-refractivity contribution in [1.29, 1.82) is 0 Å². The van der Waals surface area contributed by atoms with Gasteiger partial charge in [0, 0.05) is 13.6 Å². The van der Waals surface area contributed by atoms with Crippen molar-refractivity contribution in [2.75, 3.05) is 20.2 Å². The fourth-order valence-electron chi connectivity index (χ4n) is 1.43. The van der Waals surface area contributed by atoms with Gasteiger partial charge in [-0.05, 0) is 19.1 Å². The third-order valence-electron chi connectivity index (χ3n) is 2.57. The highest BCUT2D eigenvalue weighted by Crippen LogP contribution is 2.22. The predicted octanol–water partition coefficient (Wildman–Crippen LogP) is 0.804. The van der Waals surface area contributed by atoms with Crippen molar-refractivity contribution in [2.45, 2.75) is 19.1 Å². The van der Waals surface area contributed by atoms with E-state index in [0.29, 0.717) is 10.8 Å². The molecule has 0 aromatic heterocycles. The summed E-state index contributed by atoms with van der Waals surface area (Å²) in [6.45, 7) is 2.09. The van der Waals surface area contributed by atoms with Crippen LogP contribution in [0.25, 0.3) is 0 Å². The standard InChI is InChI=1S/C13H19ClN2O3/c1-9(13(18)15-2)16-7-10(17)8-19-12-6-4-3-5-11(12)14/h3-6,9-10,16-17H,7-8H2,1-2H3,(H,15,18). The molecule has 0 aliphatic heterocycles. The van der Waals surface area contributed by atoms with E-state index >= 15 is 0 Å². The Morgan fingerprint density at radius 1 is 1.47 bits per heavy atom. The number of nitrogens with one attached hydrogen (secondary N) is 2. The molecule has 5 nitrogen and oxygen atoms in total. The fourth-order valence-corrected chi connectivity index (χ4v) is 1.62. The van der Waals surface area contributed by atoms with Gasteiger partial charge in [-0.3, -0.25) is 4.79 Å². The Hall–Kier alpha value is -1.30. The normalized spacial score (nSPS) is 13.7. The van der Waals surface area contributed by atoms with Crippen LogP contribution in [0, 0.1) is 0 Å². The minimum absolute atomic E-state index is 0.108. The molecule has 0 saturated carbocycles. The summed E-state index contributed by atoms with van der Waals surface area (Å²) in [6.07, 6.45) is -0.719.